The number of hydrogen-bond acceptors (Lipinski definition) is 6. The molecule has 0 atom stereocenters. The molecular weight excluding hydrogens is 417 g/mol. The topological polar surface area (TPSA) is 119 Å². The molecule has 10 heteroatoms. The molecule has 5 rings (SSSR count). The summed E-state index contributed by atoms with van der Waals surface area (Å²) in [4.78, 5) is 29.1. The second-order valence-corrected chi connectivity index (χ2v) is 6.90. The standard InChI is InChI=1S/C21H16FN5O2.CH2O2/c22-18-7-15(17-10-24-21-25-12-26-27(21)11-17)6-16(8-18)20(28)23-9-13-1-2-19-14(5-13)3-4-29-19;2-1-3/h1-2,5-8,10-12H,3-4,9H2,(H,23,28);1H,(H,2,3). The quantitative estimate of drug-likeness (QED) is 0.473. The maximum Gasteiger partial charge on any atom is 0.290 e. The fraction of sp³-hybridized carbons (Fsp3) is 0.136. The zero-order valence-electron chi connectivity index (χ0n) is 16.7. The first kappa shape index (κ1) is 20.9. The molecule has 0 spiro atoms. The van der Waals surface area contributed by atoms with Gasteiger partial charge in [0.1, 0.15) is 17.9 Å². The number of nitrogens with one attached hydrogen (secondary N) is 1. The first-order valence-electron chi connectivity index (χ1n) is 9.64. The molecule has 162 valence electrons. The van der Waals surface area contributed by atoms with E-state index in [4.69, 9.17) is 14.6 Å². The maximum atomic E-state index is 14.2. The third-order valence-electron chi connectivity index (χ3n) is 4.83. The summed E-state index contributed by atoms with van der Waals surface area (Å²) in [6.07, 6.45) is 5.53. The summed E-state index contributed by atoms with van der Waals surface area (Å²) in [7, 11) is 0. The van der Waals surface area contributed by atoms with Crippen molar-refractivity contribution in [2.75, 3.05) is 6.61 Å². The Morgan fingerprint density at radius 2 is 2.06 bits per heavy atom. The predicted molar refractivity (Wildman–Crippen MR) is 112 cm³/mol. The van der Waals surface area contributed by atoms with Gasteiger partial charge in [0.2, 0.25) is 0 Å². The number of benzene rings is 2. The lowest BCUT2D eigenvalue weighted by molar-refractivity contribution is -0.122. The number of rotatable bonds is 4. The van der Waals surface area contributed by atoms with Gasteiger partial charge in [0.25, 0.3) is 18.2 Å². The van der Waals surface area contributed by atoms with E-state index in [0.717, 1.165) is 23.3 Å². The number of fused-ring (bicyclic) bond motifs is 2. The molecule has 2 aromatic carbocycles. The van der Waals surface area contributed by atoms with Crippen molar-refractivity contribution in [1.82, 2.24) is 24.9 Å². The molecule has 0 saturated heterocycles. The Morgan fingerprint density at radius 3 is 2.91 bits per heavy atom. The summed E-state index contributed by atoms with van der Waals surface area (Å²) in [6, 6.07) is 10.1. The minimum atomic E-state index is -0.499. The van der Waals surface area contributed by atoms with Gasteiger partial charge < -0.3 is 15.2 Å². The molecule has 0 aliphatic carbocycles. The van der Waals surface area contributed by atoms with E-state index in [1.54, 1.807) is 18.5 Å². The van der Waals surface area contributed by atoms with Crippen LogP contribution in [-0.4, -0.2) is 43.7 Å². The lowest BCUT2D eigenvalue weighted by Crippen LogP contribution is -2.23. The molecule has 32 heavy (non-hydrogen) atoms. The molecular formula is C22H18FN5O4. The van der Waals surface area contributed by atoms with Gasteiger partial charge in [-0.3, -0.25) is 9.59 Å². The van der Waals surface area contributed by atoms with E-state index >= 15 is 0 Å². The molecule has 0 fully saturated rings. The van der Waals surface area contributed by atoms with Crippen LogP contribution in [0.2, 0.25) is 0 Å². The maximum absolute atomic E-state index is 14.2. The van der Waals surface area contributed by atoms with Crippen LogP contribution in [0.5, 0.6) is 5.75 Å². The average molecular weight is 435 g/mol. The molecule has 2 N–H and O–H groups in total. The third kappa shape index (κ3) is 4.53. The highest BCUT2D eigenvalue weighted by Crippen LogP contribution is 2.26. The average Bonchev–Trinajstić information content (AvgIpc) is 3.45. The normalized spacial score (nSPS) is 11.8. The summed E-state index contributed by atoms with van der Waals surface area (Å²) in [6.45, 7) is 0.789. The zero-order valence-corrected chi connectivity index (χ0v) is 16.7. The number of carbonyl (C=O) groups excluding carboxylic acids is 1. The smallest absolute Gasteiger partial charge is 0.290 e. The van der Waals surface area contributed by atoms with Gasteiger partial charge in [-0.05, 0) is 41.0 Å². The van der Waals surface area contributed by atoms with E-state index in [1.807, 2.05) is 18.2 Å². The van der Waals surface area contributed by atoms with Crippen molar-refractivity contribution in [3.8, 4) is 16.9 Å². The summed E-state index contributed by atoms with van der Waals surface area (Å²) in [5.74, 6) is 0.494. The third-order valence-corrected chi connectivity index (χ3v) is 4.83. The van der Waals surface area contributed by atoms with E-state index in [2.05, 4.69) is 20.4 Å². The highest BCUT2D eigenvalue weighted by atomic mass is 19.1. The molecule has 0 radical (unpaired) electrons. The minimum Gasteiger partial charge on any atom is -0.493 e. The van der Waals surface area contributed by atoms with Gasteiger partial charge >= 0.3 is 0 Å². The lowest BCUT2D eigenvalue weighted by atomic mass is 10.0. The number of halogens is 1. The molecule has 0 unspecified atom stereocenters. The van der Waals surface area contributed by atoms with Crippen LogP contribution >= 0.6 is 0 Å². The van der Waals surface area contributed by atoms with Crippen molar-refractivity contribution in [2.45, 2.75) is 13.0 Å². The molecule has 0 saturated carbocycles. The first-order chi connectivity index (χ1) is 15.6. The van der Waals surface area contributed by atoms with Crippen LogP contribution < -0.4 is 10.1 Å². The predicted octanol–water partition coefficient (Wildman–Crippen LogP) is 2.50. The Morgan fingerprint density at radius 1 is 1.22 bits per heavy atom. The van der Waals surface area contributed by atoms with E-state index < -0.39 is 5.82 Å². The van der Waals surface area contributed by atoms with Crippen LogP contribution in [0.4, 0.5) is 4.39 Å². The fourth-order valence-electron chi connectivity index (χ4n) is 3.39. The van der Waals surface area contributed by atoms with E-state index in [9.17, 15) is 9.18 Å². The monoisotopic (exact) mass is 435 g/mol. The Balaban J connectivity index is 0.000000775. The summed E-state index contributed by atoms with van der Waals surface area (Å²) >= 11 is 0. The molecule has 0 bridgehead atoms. The number of amides is 1. The van der Waals surface area contributed by atoms with Crippen molar-refractivity contribution in [3.63, 3.8) is 0 Å². The Labute approximate surface area is 181 Å². The number of ether oxygens (including phenoxy) is 1. The molecule has 1 amide bonds. The van der Waals surface area contributed by atoms with Crippen LogP contribution in [0.1, 0.15) is 21.5 Å². The Kier molecular flexibility index (Phi) is 6.02. The number of carbonyl (C=O) groups is 2. The number of carboxylic acid groups (broad SMARTS) is 1. The van der Waals surface area contributed by atoms with Gasteiger partial charge in [0.15, 0.2) is 0 Å². The van der Waals surface area contributed by atoms with Crippen LogP contribution in [0, 0.1) is 5.82 Å². The van der Waals surface area contributed by atoms with Crippen LogP contribution in [0.3, 0.4) is 0 Å². The Hall–Kier alpha value is -4.34. The van der Waals surface area contributed by atoms with Gasteiger partial charge in [0, 0.05) is 36.5 Å². The van der Waals surface area contributed by atoms with E-state index in [-0.39, 0.29) is 17.9 Å². The summed E-state index contributed by atoms with van der Waals surface area (Å²) in [5, 5.41) is 13.8. The second kappa shape index (κ2) is 9.21. The molecule has 4 aromatic rings. The van der Waals surface area contributed by atoms with Crippen LogP contribution in [0.15, 0.2) is 55.1 Å². The van der Waals surface area contributed by atoms with Crippen molar-refractivity contribution in [1.29, 1.82) is 0 Å². The fourth-order valence-corrected chi connectivity index (χ4v) is 3.39. The highest BCUT2D eigenvalue weighted by molar-refractivity contribution is 5.95. The zero-order chi connectivity index (χ0) is 22.5. The highest BCUT2D eigenvalue weighted by Gasteiger charge is 2.14. The van der Waals surface area contributed by atoms with E-state index in [0.29, 0.717) is 30.1 Å². The van der Waals surface area contributed by atoms with Gasteiger partial charge in [-0.25, -0.2) is 13.9 Å². The SMILES string of the molecule is O=C(NCc1ccc2c(c1)CCO2)c1cc(F)cc(-c2cnc3ncnn3c2)c1.O=CO. The van der Waals surface area contributed by atoms with E-state index in [1.165, 1.54) is 23.0 Å². The van der Waals surface area contributed by atoms with Gasteiger partial charge in [-0.2, -0.15) is 10.1 Å². The van der Waals surface area contributed by atoms with Crippen LogP contribution in [0.25, 0.3) is 16.9 Å². The van der Waals surface area contributed by atoms with Gasteiger partial charge in [-0.15, -0.1) is 0 Å². The van der Waals surface area contributed by atoms with Crippen molar-refractivity contribution in [3.05, 3.63) is 77.6 Å². The minimum absolute atomic E-state index is 0.239. The van der Waals surface area contributed by atoms with Crippen molar-refractivity contribution in [2.24, 2.45) is 0 Å². The van der Waals surface area contributed by atoms with Gasteiger partial charge in [0.05, 0.1) is 6.61 Å². The first-order valence-corrected chi connectivity index (χ1v) is 9.64. The number of hydrogen-bond donors (Lipinski definition) is 2. The molecule has 3 heterocycles. The summed E-state index contributed by atoms with van der Waals surface area (Å²) in [5.41, 5.74) is 3.52. The molecule has 2 aromatic heterocycles. The summed E-state index contributed by atoms with van der Waals surface area (Å²) < 4.78 is 21.2. The largest absolute Gasteiger partial charge is 0.493 e. The number of nitrogens with zero attached hydrogens (tertiary/aromatic N) is 4. The molecule has 1 aliphatic rings. The Bertz CT molecular complexity index is 1290. The van der Waals surface area contributed by atoms with Crippen molar-refractivity contribution < 1.29 is 23.8 Å². The molecule has 9 nitrogen and oxygen atoms in total. The number of aromatic nitrogens is 4. The molecule has 1 aliphatic heterocycles. The van der Waals surface area contributed by atoms with Crippen LogP contribution in [-0.2, 0) is 17.8 Å². The van der Waals surface area contributed by atoms with Crippen molar-refractivity contribution >= 4 is 18.2 Å². The lowest BCUT2D eigenvalue weighted by Gasteiger charge is -2.09. The van der Waals surface area contributed by atoms with Gasteiger partial charge in [-0.1, -0.05) is 12.1 Å². The second-order valence-electron chi connectivity index (χ2n) is 6.90.